The molecule has 1 heterocycles. The first kappa shape index (κ1) is 13.5. The van der Waals surface area contributed by atoms with E-state index in [2.05, 4.69) is 6.92 Å². The maximum absolute atomic E-state index is 12.0. The zero-order valence-electron chi connectivity index (χ0n) is 12.0. The van der Waals surface area contributed by atoms with E-state index < -0.39 is 11.4 Å². The third-order valence-electron chi connectivity index (χ3n) is 4.89. The van der Waals surface area contributed by atoms with Gasteiger partial charge in [-0.25, -0.2) is 0 Å². The van der Waals surface area contributed by atoms with Crippen LogP contribution in [0.2, 0.25) is 0 Å². The van der Waals surface area contributed by atoms with Gasteiger partial charge >= 0.3 is 5.97 Å². The molecule has 3 heteroatoms. The molecule has 0 radical (unpaired) electrons. The largest absolute Gasteiger partial charge is 0.490 e. The molecule has 20 heavy (non-hydrogen) atoms. The Balaban J connectivity index is 2.08. The lowest BCUT2D eigenvalue weighted by Crippen LogP contribution is -2.39. The van der Waals surface area contributed by atoms with Crippen molar-refractivity contribution in [2.75, 3.05) is 0 Å². The number of ether oxygens (including phenoxy) is 1. The number of hydrogen-bond donors (Lipinski definition) is 1. The normalized spacial score (nSPS) is 24.6. The fourth-order valence-electron chi connectivity index (χ4n) is 3.76. The number of rotatable bonds is 2. The van der Waals surface area contributed by atoms with Gasteiger partial charge in [0.25, 0.3) is 0 Å². The molecule has 3 nitrogen and oxygen atoms in total. The number of carbonyl (C=O) groups is 1. The van der Waals surface area contributed by atoms with Gasteiger partial charge in [0.2, 0.25) is 0 Å². The quantitative estimate of drug-likeness (QED) is 0.894. The molecule has 0 saturated heterocycles. The maximum atomic E-state index is 12.0. The minimum absolute atomic E-state index is 0.227. The highest BCUT2D eigenvalue weighted by Gasteiger charge is 2.43. The van der Waals surface area contributed by atoms with Gasteiger partial charge in [-0.1, -0.05) is 31.4 Å². The molecule has 0 amide bonds. The van der Waals surface area contributed by atoms with Gasteiger partial charge < -0.3 is 9.84 Å². The first-order valence-electron chi connectivity index (χ1n) is 7.66. The van der Waals surface area contributed by atoms with Crippen LogP contribution in [0.15, 0.2) is 18.2 Å². The van der Waals surface area contributed by atoms with E-state index in [0.717, 1.165) is 61.8 Å². The van der Waals surface area contributed by atoms with Gasteiger partial charge in [0.15, 0.2) is 0 Å². The van der Waals surface area contributed by atoms with Crippen molar-refractivity contribution < 1.29 is 14.6 Å². The van der Waals surface area contributed by atoms with Crippen molar-refractivity contribution >= 4 is 5.97 Å². The molecule has 108 valence electrons. The molecular formula is C17H22O3. The molecule has 1 fully saturated rings. The summed E-state index contributed by atoms with van der Waals surface area (Å²) in [5.41, 5.74) is 1.46. The summed E-state index contributed by atoms with van der Waals surface area (Å²) in [6, 6.07) is 5.94. The van der Waals surface area contributed by atoms with E-state index in [1.165, 1.54) is 0 Å². The van der Waals surface area contributed by atoms with Crippen molar-refractivity contribution in [3.05, 3.63) is 29.3 Å². The van der Waals surface area contributed by atoms with E-state index in [4.69, 9.17) is 4.74 Å². The highest BCUT2D eigenvalue weighted by molar-refractivity contribution is 5.82. The summed E-state index contributed by atoms with van der Waals surface area (Å²) in [6.45, 7) is 2.07. The smallest absolute Gasteiger partial charge is 0.314 e. The van der Waals surface area contributed by atoms with Gasteiger partial charge in [0, 0.05) is 0 Å². The van der Waals surface area contributed by atoms with Crippen LogP contribution < -0.4 is 4.74 Å². The maximum Gasteiger partial charge on any atom is 0.314 e. The lowest BCUT2D eigenvalue weighted by molar-refractivity contribution is -0.145. The summed E-state index contributed by atoms with van der Waals surface area (Å²) >= 11 is 0. The van der Waals surface area contributed by atoms with Crippen LogP contribution in [0.4, 0.5) is 0 Å². The molecule has 1 aromatic carbocycles. The van der Waals surface area contributed by atoms with Crippen LogP contribution in [-0.2, 0) is 16.6 Å². The average Bonchev–Trinajstić information content (AvgIpc) is 2.47. The second-order valence-electron chi connectivity index (χ2n) is 6.20. The highest BCUT2D eigenvalue weighted by Crippen LogP contribution is 2.44. The number of carboxylic acid groups (broad SMARTS) is 1. The Morgan fingerprint density at radius 1 is 1.30 bits per heavy atom. The topological polar surface area (TPSA) is 46.5 Å². The van der Waals surface area contributed by atoms with Crippen molar-refractivity contribution in [1.82, 2.24) is 0 Å². The Hall–Kier alpha value is -1.51. The van der Waals surface area contributed by atoms with Gasteiger partial charge in [-0.15, -0.1) is 0 Å². The molecule has 1 saturated carbocycles. The van der Waals surface area contributed by atoms with E-state index in [0.29, 0.717) is 0 Å². The van der Waals surface area contributed by atoms with E-state index in [1.807, 2.05) is 18.2 Å². The Labute approximate surface area is 120 Å². The summed E-state index contributed by atoms with van der Waals surface area (Å²) in [5.74, 6) is 0.233. The third-order valence-corrected chi connectivity index (χ3v) is 4.89. The number of hydrogen-bond acceptors (Lipinski definition) is 2. The molecule has 1 N–H and O–H groups in total. The number of aliphatic carboxylic acids is 1. The van der Waals surface area contributed by atoms with E-state index >= 15 is 0 Å². The minimum Gasteiger partial charge on any atom is -0.490 e. The molecular weight excluding hydrogens is 252 g/mol. The summed E-state index contributed by atoms with van der Waals surface area (Å²) < 4.78 is 5.90. The van der Waals surface area contributed by atoms with Crippen molar-refractivity contribution in [3.8, 4) is 5.75 Å². The summed E-state index contributed by atoms with van der Waals surface area (Å²) in [7, 11) is 0. The van der Waals surface area contributed by atoms with Crippen LogP contribution in [-0.4, -0.2) is 17.2 Å². The molecule has 1 aromatic rings. The molecule has 3 rings (SSSR count). The van der Waals surface area contributed by atoms with Crippen LogP contribution in [0.5, 0.6) is 5.75 Å². The highest BCUT2D eigenvalue weighted by atomic mass is 16.5. The van der Waals surface area contributed by atoms with Gasteiger partial charge in [-0.05, 0) is 49.8 Å². The van der Waals surface area contributed by atoms with Crippen molar-refractivity contribution in [3.63, 3.8) is 0 Å². The lowest BCUT2D eigenvalue weighted by Gasteiger charge is -2.37. The monoisotopic (exact) mass is 274 g/mol. The molecule has 1 atom stereocenters. The molecule has 0 spiro atoms. The van der Waals surface area contributed by atoms with Crippen LogP contribution in [0.3, 0.4) is 0 Å². The van der Waals surface area contributed by atoms with Gasteiger partial charge in [-0.2, -0.15) is 0 Å². The number of benzene rings is 1. The SMILES string of the molecule is CC1CCc2c(cccc2C2(C(=O)O)CCCCC2)O1. The Kier molecular flexibility index (Phi) is 3.45. The summed E-state index contributed by atoms with van der Waals surface area (Å²) in [4.78, 5) is 12.0. The van der Waals surface area contributed by atoms with Gasteiger partial charge in [0.05, 0.1) is 11.5 Å². The van der Waals surface area contributed by atoms with Crippen molar-refractivity contribution in [2.45, 2.75) is 63.4 Å². The molecule has 0 aromatic heterocycles. The first-order valence-corrected chi connectivity index (χ1v) is 7.66. The zero-order valence-corrected chi connectivity index (χ0v) is 12.0. The Bertz CT molecular complexity index is 515. The van der Waals surface area contributed by atoms with Crippen LogP contribution in [0.1, 0.15) is 56.6 Å². The fraction of sp³-hybridized carbons (Fsp3) is 0.588. The number of fused-ring (bicyclic) bond motifs is 1. The Morgan fingerprint density at radius 3 is 2.75 bits per heavy atom. The Morgan fingerprint density at radius 2 is 2.05 bits per heavy atom. The van der Waals surface area contributed by atoms with Crippen LogP contribution in [0.25, 0.3) is 0 Å². The first-order chi connectivity index (χ1) is 9.63. The molecule has 0 bridgehead atoms. The predicted molar refractivity (Wildman–Crippen MR) is 77.3 cm³/mol. The zero-order chi connectivity index (χ0) is 14.2. The summed E-state index contributed by atoms with van der Waals surface area (Å²) in [6.07, 6.45) is 6.81. The third kappa shape index (κ3) is 2.09. The van der Waals surface area contributed by atoms with Gasteiger partial charge in [-0.3, -0.25) is 4.79 Å². The number of carboxylic acids is 1. The van der Waals surface area contributed by atoms with E-state index in [9.17, 15) is 9.90 Å². The van der Waals surface area contributed by atoms with Crippen molar-refractivity contribution in [1.29, 1.82) is 0 Å². The van der Waals surface area contributed by atoms with Crippen LogP contribution in [0, 0.1) is 0 Å². The molecule has 2 aliphatic rings. The second kappa shape index (κ2) is 5.12. The molecule has 1 aliphatic heterocycles. The van der Waals surface area contributed by atoms with E-state index in [-0.39, 0.29) is 6.10 Å². The molecule has 1 aliphatic carbocycles. The lowest BCUT2D eigenvalue weighted by atomic mass is 9.67. The van der Waals surface area contributed by atoms with Crippen molar-refractivity contribution in [2.24, 2.45) is 0 Å². The minimum atomic E-state index is -0.687. The predicted octanol–water partition coefficient (Wildman–Crippen LogP) is 3.69. The molecule has 1 unspecified atom stereocenters. The average molecular weight is 274 g/mol. The van der Waals surface area contributed by atoms with Gasteiger partial charge in [0.1, 0.15) is 5.75 Å². The van der Waals surface area contributed by atoms with E-state index in [1.54, 1.807) is 0 Å². The second-order valence-corrected chi connectivity index (χ2v) is 6.20. The fourth-order valence-corrected chi connectivity index (χ4v) is 3.76. The summed E-state index contributed by atoms with van der Waals surface area (Å²) in [5, 5.41) is 9.85. The van der Waals surface area contributed by atoms with Crippen LogP contribution >= 0.6 is 0 Å². The standard InChI is InChI=1S/C17H22O3/c1-12-8-9-13-14(6-5-7-15(13)20-12)17(16(18)19)10-3-2-4-11-17/h5-7,12H,2-4,8-11H2,1H3,(H,18,19).